The normalized spacial score (nSPS) is 9.64. The first kappa shape index (κ1) is 7.72. The van der Waals surface area contributed by atoms with E-state index in [0.717, 1.165) is 18.2 Å². The number of nitrogens with two attached hydrogens (primary N) is 1. The van der Waals surface area contributed by atoms with Crippen molar-refractivity contribution in [3.8, 4) is 0 Å². The van der Waals surface area contributed by atoms with Crippen molar-refractivity contribution in [1.29, 1.82) is 0 Å². The molecule has 0 aliphatic heterocycles. The lowest BCUT2D eigenvalue weighted by atomic mass is 10.2. The predicted molar refractivity (Wildman–Crippen MR) is 40.9 cm³/mol. The molecule has 1 rings (SSSR count). The molecule has 1 aromatic rings. The van der Waals surface area contributed by atoms with Gasteiger partial charge in [-0.25, -0.2) is 8.78 Å². The summed E-state index contributed by atoms with van der Waals surface area (Å²) in [5.41, 5.74) is 5.10. The summed E-state index contributed by atoms with van der Waals surface area (Å²) in [7, 11) is 0. The van der Waals surface area contributed by atoms with Gasteiger partial charge in [-0.3, -0.25) is 0 Å². The molecule has 1 nitrogen and oxygen atoms in total. The van der Waals surface area contributed by atoms with Gasteiger partial charge >= 0.3 is 0 Å². The molecule has 1 aromatic carbocycles. The first-order valence-electron chi connectivity index (χ1n) is 3.02. The van der Waals surface area contributed by atoms with Crippen molar-refractivity contribution >= 4 is 11.8 Å². The Morgan fingerprint density at radius 3 is 2.09 bits per heavy atom. The van der Waals surface area contributed by atoms with E-state index in [0.29, 0.717) is 0 Å². The Balaban J connectivity index is 3.36. The summed E-state index contributed by atoms with van der Waals surface area (Å²) in [6, 6.07) is 2.11. The Hall–Kier alpha value is -1.38. The van der Waals surface area contributed by atoms with Crippen LogP contribution in [0.5, 0.6) is 0 Å². The fraction of sp³-hybridized carbons (Fsp3) is 0. The van der Waals surface area contributed by atoms with Crippen molar-refractivity contribution in [2.45, 2.75) is 0 Å². The van der Waals surface area contributed by atoms with E-state index >= 15 is 0 Å². The van der Waals surface area contributed by atoms with Crippen LogP contribution in [0.4, 0.5) is 14.5 Å². The van der Waals surface area contributed by atoms with E-state index in [4.69, 9.17) is 5.73 Å². The van der Waals surface area contributed by atoms with Gasteiger partial charge in [-0.2, -0.15) is 0 Å². The Morgan fingerprint density at radius 1 is 1.27 bits per heavy atom. The fourth-order valence-electron chi connectivity index (χ4n) is 0.799. The summed E-state index contributed by atoms with van der Waals surface area (Å²) >= 11 is 0. The van der Waals surface area contributed by atoms with Crippen LogP contribution in [0.1, 0.15) is 5.56 Å². The van der Waals surface area contributed by atoms with E-state index in [1.165, 1.54) is 0 Å². The second-order valence-corrected chi connectivity index (χ2v) is 2.10. The van der Waals surface area contributed by atoms with Gasteiger partial charge in [-0.15, -0.1) is 0 Å². The smallest absolute Gasteiger partial charge is 0.135 e. The SMILES string of the molecule is C=Cc1c(F)cc(N)cc1F. The Bertz CT molecular complexity index is 271. The largest absolute Gasteiger partial charge is 0.399 e. The quantitative estimate of drug-likeness (QED) is 0.618. The van der Waals surface area contributed by atoms with Gasteiger partial charge in [0.1, 0.15) is 11.6 Å². The highest BCUT2D eigenvalue weighted by Gasteiger charge is 2.05. The molecule has 11 heavy (non-hydrogen) atoms. The first-order chi connectivity index (χ1) is 5.15. The third-order valence-corrected chi connectivity index (χ3v) is 1.31. The molecule has 58 valence electrons. The number of hydrogen-bond donors (Lipinski definition) is 1. The third kappa shape index (κ3) is 1.37. The van der Waals surface area contributed by atoms with Gasteiger partial charge in [-0.1, -0.05) is 12.7 Å². The fourth-order valence-corrected chi connectivity index (χ4v) is 0.799. The zero-order chi connectivity index (χ0) is 8.43. The van der Waals surface area contributed by atoms with E-state index in [-0.39, 0.29) is 11.3 Å². The molecule has 0 bridgehead atoms. The lowest BCUT2D eigenvalue weighted by molar-refractivity contribution is 0.580. The second kappa shape index (κ2) is 2.70. The van der Waals surface area contributed by atoms with Crippen molar-refractivity contribution in [3.63, 3.8) is 0 Å². The maximum Gasteiger partial charge on any atom is 0.135 e. The number of rotatable bonds is 1. The first-order valence-corrected chi connectivity index (χ1v) is 3.02. The molecule has 2 N–H and O–H groups in total. The van der Waals surface area contributed by atoms with Crippen molar-refractivity contribution in [2.24, 2.45) is 0 Å². The highest BCUT2D eigenvalue weighted by molar-refractivity contribution is 5.53. The zero-order valence-electron chi connectivity index (χ0n) is 5.77. The number of benzene rings is 1. The van der Waals surface area contributed by atoms with Gasteiger partial charge in [0, 0.05) is 11.3 Å². The summed E-state index contributed by atoms with van der Waals surface area (Å²) < 4.78 is 25.4. The molecule has 0 saturated carbocycles. The molecule has 0 unspecified atom stereocenters. The standard InChI is InChI=1S/C8H7F2N/c1-2-6-7(9)3-5(11)4-8(6)10/h2-4H,1,11H2. The lowest BCUT2D eigenvalue weighted by Gasteiger charge is -1.99. The topological polar surface area (TPSA) is 26.0 Å². The van der Waals surface area contributed by atoms with Gasteiger partial charge in [-0.05, 0) is 12.1 Å². The number of nitrogen functional groups attached to an aromatic ring is 1. The average molecular weight is 155 g/mol. The van der Waals surface area contributed by atoms with Crippen LogP contribution in [0.15, 0.2) is 18.7 Å². The van der Waals surface area contributed by atoms with Crippen LogP contribution >= 0.6 is 0 Å². The Labute approximate surface area is 63.1 Å². The van der Waals surface area contributed by atoms with Crippen molar-refractivity contribution in [2.75, 3.05) is 5.73 Å². The van der Waals surface area contributed by atoms with Crippen LogP contribution in [0.3, 0.4) is 0 Å². The molecule has 0 heterocycles. The van der Waals surface area contributed by atoms with Gasteiger partial charge < -0.3 is 5.73 Å². The number of halogens is 2. The molecule has 0 aromatic heterocycles. The van der Waals surface area contributed by atoms with Crippen LogP contribution in [0.2, 0.25) is 0 Å². The summed E-state index contributed by atoms with van der Waals surface area (Å²) in [5.74, 6) is -1.37. The minimum Gasteiger partial charge on any atom is -0.399 e. The van der Waals surface area contributed by atoms with E-state index in [9.17, 15) is 8.78 Å². The molecular weight excluding hydrogens is 148 g/mol. The number of anilines is 1. The molecule has 3 heteroatoms. The van der Waals surface area contributed by atoms with Gasteiger partial charge in [0.25, 0.3) is 0 Å². The zero-order valence-corrected chi connectivity index (χ0v) is 5.77. The van der Waals surface area contributed by atoms with Crippen LogP contribution in [-0.4, -0.2) is 0 Å². The molecule has 0 saturated heterocycles. The summed E-state index contributed by atoms with van der Waals surface area (Å²) in [4.78, 5) is 0. The van der Waals surface area contributed by atoms with Crippen molar-refractivity contribution < 1.29 is 8.78 Å². The van der Waals surface area contributed by atoms with Crippen LogP contribution < -0.4 is 5.73 Å². The lowest BCUT2D eigenvalue weighted by Crippen LogP contribution is -1.93. The maximum absolute atomic E-state index is 12.7. The highest BCUT2D eigenvalue weighted by Crippen LogP contribution is 2.17. The van der Waals surface area contributed by atoms with Gasteiger partial charge in [0.2, 0.25) is 0 Å². The van der Waals surface area contributed by atoms with E-state index in [1.54, 1.807) is 0 Å². The van der Waals surface area contributed by atoms with Crippen molar-refractivity contribution in [1.82, 2.24) is 0 Å². The maximum atomic E-state index is 12.7. The molecule has 0 radical (unpaired) electrons. The predicted octanol–water partition coefficient (Wildman–Crippen LogP) is 2.19. The minimum atomic E-state index is -0.683. The van der Waals surface area contributed by atoms with E-state index in [1.807, 2.05) is 0 Å². The Morgan fingerprint density at radius 2 is 1.73 bits per heavy atom. The molecule has 0 fully saturated rings. The molecular formula is C8H7F2N. The second-order valence-electron chi connectivity index (χ2n) is 2.10. The molecule has 0 aliphatic rings. The highest BCUT2D eigenvalue weighted by atomic mass is 19.1. The van der Waals surface area contributed by atoms with E-state index < -0.39 is 11.6 Å². The Kier molecular flexibility index (Phi) is 1.89. The molecule has 0 aliphatic carbocycles. The van der Waals surface area contributed by atoms with Crippen LogP contribution in [0.25, 0.3) is 6.08 Å². The summed E-state index contributed by atoms with van der Waals surface area (Å²) in [6.45, 7) is 3.26. The molecule has 0 atom stereocenters. The third-order valence-electron chi connectivity index (χ3n) is 1.31. The van der Waals surface area contributed by atoms with Gasteiger partial charge in [0.15, 0.2) is 0 Å². The van der Waals surface area contributed by atoms with Crippen molar-refractivity contribution in [3.05, 3.63) is 35.9 Å². The molecule has 0 spiro atoms. The van der Waals surface area contributed by atoms with E-state index in [2.05, 4.69) is 6.58 Å². The monoisotopic (exact) mass is 155 g/mol. The summed E-state index contributed by atoms with van der Waals surface area (Å²) in [6.07, 6.45) is 1.12. The minimum absolute atomic E-state index is 0.0746. The van der Waals surface area contributed by atoms with Crippen LogP contribution in [-0.2, 0) is 0 Å². The van der Waals surface area contributed by atoms with Crippen LogP contribution in [0, 0.1) is 11.6 Å². The van der Waals surface area contributed by atoms with Gasteiger partial charge in [0.05, 0.1) is 0 Å². The molecule has 0 amide bonds. The number of hydrogen-bond acceptors (Lipinski definition) is 1. The average Bonchev–Trinajstić information content (AvgIpc) is 1.85. The summed E-state index contributed by atoms with van der Waals surface area (Å²) in [5, 5.41) is 0.